The van der Waals surface area contributed by atoms with Crippen LogP contribution in [0.1, 0.15) is 11.1 Å². The first-order valence-electron chi connectivity index (χ1n) is 8.16. The summed E-state index contributed by atoms with van der Waals surface area (Å²) in [6.45, 7) is 2.01. The van der Waals surface area contributed by atoms with Gasteiger partial charge in [0.2, 0.25) is 11.3 Å². The molecule has 140 valence electrons. The van der Waals surface area contributed by atoms with Crippen LogP contribution in [-0.4, -0.2) is 26.5 Å². The highest BCUT2D eigenvalue weighted by molar-refractivity contribution is 6.36. The van der Waals surface area contributed by atoms with Crippen molar-refractivity contribution in [2.45, 2.75) is 6.92 Å². The second kappa shape index (κ2) is 7.79. The van der Waals surface area contributed by atoms with Crippen LogP contribution in [-0.2, 0) is 0 Å². The Hall–Kier alpha value is -3.23. The van der Waals surface area contributed by atoms with E-state index in [2.05, 4.69) is 36.1 Å². The van der Waals surface area contributed by atoms with Gasteiger partial charge in [0.15, 0.2) is 11.6 Å². The van der Waals surface area contributed by atoms with E-state index in [0.717, 1.165) is 11.3 Å². The van der Waals surface area contributed by atoms with Gasteiger partial charge in [-0.05, 0) is 41.5 Å². The summed E-state index contributed by atoms with van der Waals surface area (Å²) in [6, 6.07) is 13.0. The molecule has 8 nitrogen and oxygen atoms in total. The Labute approximate surface area is 169 Å². The first-order chi connectivity index (χ1) is 13.6. The van der Waals surface area contributed by atoms with Crippen LogP contribution in [0.25, 0.3) is 11.3 Å². The summed E-state index contributed by atoms with van der Waals surface area (Å²) in [5.74, 6) is 0.775. The Morgan fingerprint density at radius 1 is 0.964 bits per heavy atom. The number of anilines is 3. The summed E-state index contributed by atoms with van der Waals surface area (Å²) >= 11 is 12.1. The monoisotopic (exact) mass is 413 g/mol. The van der Waals surface area contributed by atoms with Crippen molar-refractivity contribution in [2.75, 3.05) is 10.7 Å². The van der Waals surface area contributed by atoms with Gasteiger partial charge in [-0.15, -0.1) is 0 Å². The fraction of sp³-hybridized carbons (Fsp3) is 0.0556. The Kier molecular flexibility index (Phi) is 5.05. The number of benzene rings is 2. The smallest absolute Gasteiger partial charge is 0.245 e. The molecule has 28 heavy (non-hydrogen) atoms. The summed E-state index contributed by atoms with van der Waals surface area (Å²) in [4.78, 5) is 8.73. The SMILES string of the molecule is Cc1ccc(Nc2nc3nonc3nc2NN=Cc2ccc(Cl)cc2Cl)cc1. The minimum atomic E-state index is 0.261. The number of aryl methyl sites for hydroxylation is 1. The second-order valence-corrected chi connectivity index (χ2v) is 6.70. The topological polar surface area (TPSA) is 101 Å². The van der Waals surface area contributed by atoms with E-state index in [1.165, 1.54) is 0 Å². The lowest BCUT2D eigenvalue weighted by atomic mass is 10.2. The maximum Gasteiger partial charge on any atom is 0.245 e. The molecule has 2 N–H and O–H groups in total. The molecule has 10 heteroatoms. The molecule has 0 saturated carbocycles. The Morgan fingerprint density at radius 2 is 1.68 bits per heavy atom. The van der Waals surface area contributed by atoms with Gasteiger partial charge < -0.3 is 5.32 Å². The molecule has 0 unspecified atom stereocenters. The third-order valence-corrected chi connectivity index (χ3v) is 4.33. The Morgan fingerprint density at radius 3 is 2.39 bits per heavy atom. The van der Waals surface area contributed by atoms with Crippen molar-refractivity contribution in [1.29, 1.82) is 0 Å². The zero-order valence-corrected chi connectivity index (χ0v) is 16.0. The number of hydrogen-bond donors (Lipinski definition) is 2. The second-order valence-electron chi connectivity index (χ2n) is 5.86. The van der Waals surface area contributed by atoms with Crippen molar-refractivity contribution >= 4 is 58.0 Å². The minimum Gasteiger partial charge on any atom is -0.337 e. The standard InChI is InChI=1S/C18H13Cl2N7O/c1-10-2-6-13(7-3-10)22-15-16(24-18-17(23-15)26-28-27-18)25-21-9-11-4-5-12(19)8-14(11)20/h2-9H,1H3,(H,22,23,26)(H,24,25,27). The van der Waals surface area contributed by atoms with Crippen molar-refractivity contribution in [3.63, 3.8) is 0 Å². The van der Waals surface area contributed by atoms with Gasteiger partial charge in [-0.1, -0.05) is 47.0 Å². The van der Waals surface area contributed by atoms with Gasteiger partial charge >= 0.3 is 0 Å². The van der Waals surface area contributed by atoms with Gasteiger partial charge in [0, 0.05) is 16.3 Å². The molecule has 4 rings (SSSR count). The molecule has 0 atom stereocenters. The van der Waals surface area contributed by atoms with Crippen LogP contribution in [0.3, 0.4) is 0 Å². The van der Waals surface area contributed by atoms with Gasteiger partial charge in [-0.25, -0.2) is 9.61 Å². The van der Waals surface area contributed by atoms with E-state index in [1.807, 2.05) is 31.2 Å². The summed E-state index contributed by atoms with van der Waals surface area (Å²) < 4.78 is 4.69. The van der Waals surface area contributed by atoms with E-state index in [1.54, 1.807) is 24.4 Å². The highest BCUT2D eigenvalue weighted by Gasteiger charge is 2.12. The van der Waals surface area contributed by atoms with E-state index in [0.29, 0.717) is 27.2 Å². The number of aromatic nitrogens is 4. The average Bonchev–Trinajstić information content (AvgIpc) is 3.12. The number of hydrogen-bond acceptors (Lipinski definition) is 8. The van der Waals surface area contributed by atoms with E-state index in [-0.39, 0.29) is 11.3 Å². The molecule has 0 aliphatic carbocycles. The number of nitrogens with zero attached hydrogens (tertiary/aromatic N) is 5. The highest BCUT2D eigenvalue weighted by Crippen LogP contribution is 2.24. The number of halogens is 2. The predicted molar refractivity (Wildman–Crippen MR) is 110 cm³/mol. The molecular formula is C18H13Cl2N7O. The molecule has 0 saturated heterocycles. The van der Waals surface area contributed by atoms with Crippen LogP contribution < -0.4 is 10.7 Å². The lowest BCUT2D eigenvalue weighted by Crippen LogP contribution is -2.03. The van der Waals surface area contributed by atoms with Crippen LogP contribution in [0.5, 0.6) is 0 Å². The third-order valence-electron chi connectivity index (χ3n) is 3.77. The van der Waals surface area contributed by atoms with Crippen molar-refractivity contribution in [2.24, 2.45) is 5.10 Å². The minimum absolute atomic E-state index is 0.261. The molecule has 0 spiro atoms. The molecule has 4 aromatic rings. The van der Waals surface area contributed by atoms with E-state index >= 15 is 0 Å². The molecule has 0 aliphatic heterocycles. The molecule has 2 aromatic carbocycles. The Balaban J connectivity index is 1.62. The van der Waals surface area contributed by atoms with E-state index in [4.69, 9.17) is 27.8 Å². The van der Waals surface area contributed by atoms with Gasteiger partial charge in [0.25, 0.3) is 0 Å². The fourth-order valence-corrected chi connectivity index (χ4v) is 2.80. The molecule has 0 fully saturated rings. The first-order valence-corrected chi connectivity index (χ1v) is 8.92. The maximum atomic E-state index is 6.15. The number of rotatable bonds is 5. The zero-order valence-electron chi connectivity index (χ0n) is 14.5. The summed E-state index contributed by atoms with van der Waals surface area (Å²) in [5, 5.41) is 15.8. The molecule has 2 heterocycles. The van der Waals surface area contributed by atoms with E-state index < -0.39 is 0 Å². The molecular weight excluding hydrogens is 401 g/mol. The zero-order chi connectivity index (χ0) is 19.5. The number of nitrogens with one attached hydrogen (secondary N) is 2. The van der Waals surface area contributed by atoms with Gasteiger partial charge in [0.05, 0.1) is 11.2 Å². The molecule has 0 radical (unpaired) electrons. The van der Waals surface area contributed by atoms with E-state index in [9.17, 15) is 0 Å². The molecule has 2 aromatic heterocycles. The van der Waals surface area contributed by atoms with Crippen molar-refractivity contribution in [3.8, 4) is 0 Å². The predicted octanol–water partition coefficient (Wildman–Crippen LogP) is 4.82. The normalized spacial score (nSPS) is 11.2. The highest BCUT2D eigenvalue weighted by atomic mass is 35.5. The lowest BCUT2D eigenvalue weighted by molar-refractivity contribution is 0.314. The molecule has 0 amide bonds. The van der Waals surface area contributed by atoms with Crippen molar-refractivity contribution in [1.82, 2.24) is 20.3 Å². The molecule has 0 bridgehead atoms. The number of hydrazone groups is 1. The number of fused-ring (bicyclic) bond motifs is 1. The summed E-state index contributed by atoms with van der Waals surface area (Å²) in [7, 11) is 0. The quantitative estimate of drug-likeness (QED) is 0.357. The van der Waals surface area contributed by atoms with Crippen LogP contribution >= 0.6 is 23.2 Å². The van der Waals surface area contributed by atoms with Crippen LogP contribution in [0.4, 0.5) is 17.3 Å². The average molecular weight is 414 g/mol. The summed E-state index contributed by atoms with van der Waals surface area (Å²) in [5.41, 5.74) is 6.08. The van der Waals surface area contributed by atoms with Gasteiger partial charge in [0.1, 0.15) is 0 Å². The van der Waals surface area contributed by atoms with Gasteiger partial charge in [-0.2, -0.15) is 10.1 Å². The fourth-order valence-electron chi connectivity index (χ4n) is 2.35. The van der Waals surface area contributed by atoms with Crippen LogP contribution in [0.15, 0.2) is 52.2 Å². The largest absolute Gasteiger partial charge is 0.337 e. The lowest BCUT2D eigenvalue weighted by Gasteiger charge is -2.09. The van der Waals surface area contributed by atoms with Crippen molar-refractivity contribution in [3.05, 3.63) is 63.6 Å². The third kappa shape index (κ3) is 4.03. The van der Waals surface area contributed by atoms with Gasteiger partial charge in [-0.3, -0.25) is 5.43 Å². The Bertz CT molecular complexity index is 1160. The van der Waals surface area contributed by atoms with Crippen LogP contribution in [0.2, 0.25) is 10.0 Å². The van der Waals surface area contributed by atoms with Crippen molar-refractivity contribution < 1.29 is 4.63 Å². The maximum absolute atomic E-state index is 6.15. The summed E-state index contributed by atoms with van der Waals surface area (Å²) in [6.07, 6.45) is 1.56. The molecule has 0 aliphatic rings. The first kappa shape index (κ1) is 18.1. The van der Waals surface area contributed by atoms with Crippen LogP contribution in [0, 0.1) is 6.92 Å².